The average Bonchev–Trinajstić information content (AvgIpc) is 2.96. The molecule has 20 heavy (non-hydrogen) atoms. The number of esters is 1. The van der Waals surface area contributed by atoms with E-state index < -0.39 is 12.1 Å². The molecule has 106 valence electrons. The highest BCUT2D eigenvalue weighted by Crippen LogP contribution is 2.27. The lowest BCUT2D eigenvalue weighted by atomic mass is 10.0. The van der Waals surface area contributed by atoms with Crippen molar-refractivity contribution in [3.63, 3.8) is 0 Å². The van der Waals surface area contributed by atoms with E-state index in [1.165, 1.54) is 13.2 Å². The van der Waals surface area contributed by atoms with Crippen LogP contribution in [0.1, 0.15) is 33.5 Å². The molecule has 0 aliphatic heterocycles. The van der Waals surface area contributed by atoms with E-state index in [2.05, 4.69) is 4.74 Å². The van der Waals surface area contributed by atoms with Gasteiger partial charge >= 0.3 is 5.97 Å². The molecule has 1 aromatic carbocycles. The maximum atomic E-state index is 11.3. The van der Waals surface area contributed by atoms with E-state index in [4.69, 9.17) is 9.15 Å². The summed E-state index contributed by atoms with van der Waals surface area (Å²) in [7, 11) is 2.86. The Hall–Kier alpha value is -2.11. The Morgan fingerprint density at radius 2 is 2.00 bits per heavy atom. The number of aliphatic hydroxyl groups excluding tert-OH is 1. The van der Waals surface area contributed by atoms with Crippen LogP contribution in [0.4, 0.5) is 0 Å². The topological polar surface area (TPSA) is 68.9 Å². The first-order chi connectivity index (χ1) is 9.67. The van der Waals surface area contributed by atoms with Crippen LogP contribution < -0.4 is 0 Å². The number of hydrogen-bond donors (Lipinski definition) is 1. The highest BCUT2D eigenvalue weighted by molar-refractivity contribution is 5.86. The van der Waals surface area contributed by atoms with Crippen molar-refractivity contribution in [3.05, 3.63) is 59.0 Å². The van der Waals surface area contributed by atoms with Crippen molar-refractivity contribution >= 4 is 5.97 Å². The first-order valence-corrected chi connectivity index (χ1v) is 6.10. The fraction of sp³-hybridized carbons (Fsp3) is 0.267. The van der Waals surface area contributed by atoms with Gasteiger partial charge in [-0.2, -0.15) is 0 Å². The minimum absolute atomic E-state index is 0.0609. The number of hydrogen-bond acceptors (Lipinski definition) is 5. The number of carbonyl (C=O) groups is 1. The van der Waals surface area contributed by atoms with Crippen LogP contribution in [0.2, 0.25) is 0 Å². The summed E-state index contributed by atoms with van der Waals surface area (Å²) in [5.74, 6) is -0.228. The van der Waals surface area contributed by atoms with Gasteiger partial charge < -0.3 is 19.0 Å². The Kier molecular flexibility index (Phi) is 4.55. The van der Waals surface area contributed by atoms with Crippen LogP contribution in [0, 0.1) is 0 Å². The minimum Gasteiger partial charge on any atom is -0.463 e. The van der Waals surface area contributed by atoms with E-state index in [0.717, 1.165) is 5.56 Å². The molecule has 5 heteroatoms. The van der Waals surface area contributed by atoms with Crippen LogP contribution in [0.3, 0.4) is 0 Å². The van der Waals surface area contributed by atoms with Crippen molar-refractivity contribution in [1.29, 1.82) is 0 Å². The first-order valence-electron chi connectivity index (χ1n) is 6.10. The molecule has 0 fully saturated rings. The molecule has 0 aliphatic rings. The fourth-order valence-corrected chi connectivity index (χ4v) is 1.95. The largest absolute Gasteiger partial charge is 0.463 e. The van der Waals surface area contributed by atoms with Crippen molar-refractivity contribution < 1.29 is 23.8 Å². The van der Waals surface area contributed by atoms with Gasteiger partial charge in [-0.15, -0.1) is 0 Å². The van der Waals surface area contributed by atoms with E-state index in [1.807, 2.05) is 18.2 Å². The zero-order chi connectivity index (χ0) is 14.5. The maximum Gasteiger partial charge on any atom is 0.373 e. The van der Waals surface area contributed by atoms with Gasteiger partial charge in [0.1, 0.15) is 11.9 Å². The summed E-state index contributed by atoms with van der Waals surface area (Å²) in [4.78, 5) is 11.3. The summed E-state index contributed by atoms with van der Waals surface area (Å²) >= 11 is 0. The lowest BCUT2D eigenvalue weighted by molar-refractivity contribution is 0.0558. The number of benzene rings is 1. The number of methoxy groups -OCH3 is 2. The van der Waals surface area contributed by atoms with Crippen LogP contribution in [0.15, 0.2) is 40.8 Å². The normalized spacial score (nSPS) is 12.2. The third kappa shape index (κ3) is 2.89. The van der Waals surface area contributed by atoms with Gasteiger partial charge in [-0.05, 0) is 23.3 Å². The second-order valence-electron chi connectivity index (χ2n) is 4.23. The van der Waals surface area contributed by atoms with E-state index in [9.17, 15) is 9.90 Å². The molecule has 0 aliphatic carbocycles. The van der Waals surface area contributed by atoms with Crippen LogP contribution >= 0.6 is 0 Å². The maximum absolute atomic E-state index is 11.3. The van der Waals surface area contributed by atoms with Gasteiger partial charge in [0, 0.05) is 7.11 Å². The molecule has 1 heterocycles. The molecule has 1 atom stereocenters. The molecule has 5 nitrogen and oxygen atoms in total. The SMILES string of the molecule is COCc1ccccc1C(O)c1ccc(C(=O)OC)o1. The molecule has 0 bridgehead atoms. The number of ether oxygens (including phenoxy) is 2. The van der Waals surface area contributed by atoms with Gasteiger partial charge in [0.25, 0.3) is 0 Å². The molecule has 0 saturated carbocycles. The molecule has 2 rings (SSSR count). The first kappa shape index (κ1) is 14.3. The molecule has 2 aromatic rings. The van der Waals surface area contributed by atoms with Crippen molar-refractivity contribution in [3.8, 4) is 0 Å². The monoisotopic (exact) mass is 276 g/mol. The zero-order valence-electron chi connectivity index (χ0n) is 11.3. The number of aliphatic hydroxyl groups is 1. The molecule has 0 amide bonds. The summed E-state index contributed by atoms with van der Waals surface area (Å²) in [6.45, 7) is 0.387. The molecule has 0 spiro atoms. The minimum atomic E-state index is -0.959. The lowest BCUT2D eigenvalue weighted by Crippen LogP contribution is -2.04. The molecular formula is C15H16O5. The quantitative estimate of drug-likeness (QED) is 0.848. The highest BCUT2D eigenvalue weighted by atomic mass is 16.5. The average molecular weight is 276 g/mol. The third-order valence-electron chi connectivity index (χ3n) is 2.93. The Morgan fingerprint density at radius 3 is 2.70 bits per heavy atom. The van der Waals surface area contributed by atoms with Gasteiger partial charge in [0.15, 0.2) is 0 Å². The van der Waals surface area contributed by atoms with E-state index in [0.29, 0.717) is 12.2 Å². The lowest BCUT2D eigenvalue weighted by Gasteiger charge is -2.13. The molecular weight excluding hydrogens is 260 g/mol. The van der Waals surface area contributed by atoms with Crippen LogP contribution in [-0.2, 0) is 16.1 Å². The van der Waals surface area contributed by atoms with Gasteiger partial charge in [0.05, 0.1) is 13.7 Å². The van der Waals surface area contributed by atoms with Crippen molar-refractivity contribution in [1.82, 2.24) is 0 Å². The Morgan fingerprint density at radius 1 is 1.25 bits per heavy atom. The molecule has 1 unspecified atom stereocenters. The summed E-state index contributed by atoms with van der Waals surface area (Å²) in [6.07, 6.45) is -0.959. The number of furan rings is 1. The van der Waals surface area contributed by atoms with Crippen LogP contribution in [0.25, 0.3) is 0 Å². The Labute approximate surface area is 116 Å². The van der Waals surface area contributed by atoms with Crippen molar-refractivity contribution in [2.75, 3.05) is 14.2 Å². The van der Waals surface area contributed by atoms with Gasteiger partial charge in [0.2, 0.25) is 5.76 Å². The predicted octanol–water partition coefficient (Wildman–Crippen LogP) is 2.29. The predicted molar refractivity (Wildman–Crippen MR) is 71.3 cm³/mol. The molecule has 1 aromatic heterocycles. The van der Waals surface area contributed by atoms with Crippen LogP contribution in [0.5, 0.6) is 0 Å². The summed E-state index contributed by atoms with van der Waals surface area (Å²) in [5.41, 5.74) is 1.54. The highest BCUT2D eigenvalue weighted by Gasteiger charge is 2.20. The Balaban J connectivity index is 2.29. The summed E-state index contributed by atoms with van der Waals surface area (Å²) in [6, 6.07) is 10.4. The summed E-state index contributed by atoms with van der Waals surface area (Å²) < 4.78 is 15.0. The van der Waals surface area contributed by atoms with Crippen molar-refractivity contribution in [2.45, 2.75) is 12.7 Å². The summed E-state index contributed by atoms with van der Waals surface area (Å²) in [5, 5.41) is 10.4. The molecule has 0 saturated heterocycles. The van der Waals surface area contributed by atoms with Crippen molar-refractivity contribution in [2.24, 2.45) is 0 Å². The van der Waals surface area contributed by atoms with Crippen LogP contribution in [-0.4, -0.2) is 25.3 Å². The third-order valence-corrected chi connectivity index (χ3v) is 2.93. The standard InChI is InChI=1S/C15H16O5/c1-18-9-10-5-3-4-6-11(10)14(16)12-7-8-13(20-12)15(17)19-2/h3-8,14,16H,9H2,1-2H3. The van der Waals surface area contributed by atoms with Gasteiger partial charge in [-0.1, -0.05) is 24.3 Å². The molecule has 1 N–H and O–H groups in total. The smallest absolute Gasteiger partial charge is 0.373 e. The Bertz CT molecular complexity index is 587. The zero-order valence-corrected chi connectivity index (χ0v) is 11.3. The van der Waals surface area contributed by atoms with E-state index in [1.54, 1.807) is 19.2 Å². The number of carbonyl (C=O) groups excluding carboxylic acids is 1. The van der Waals surface area contributed by atoms with E-state index in [-0.39, 0.29) is 11.5 Å². The fourth-order valence-electron chi connectivity index (χ4n) is 1.95. The van der Waals surface area contributed by atoms with Gasteiger partial charge in [-0.3, -0.25) is 0 Å². The molecule has 0 radical (unpaired) electrons. The number of rotatable bonds is 5. The second-order valence-corrected chi connectivity index (χ2v) is 4.23. The van der Waals surface area contributed by atoms with Gasteiger partial charge in [-0.25, -0.2) is 4.79 Å². The van der Waals surface area contributed by atoms with E-state index >= 15 is 0 Å². The second kappa shape index (κ2) is 6.36.